The third-order valence-corrected chi connectivity index (χ3v) is 4.62. The van der Waals surface area contributed by atoms with Gasteiger partial charge in [0, 0.05) is 17.5 Å². The molecule has 1 aromatic heterocycles. The Morgan fingerprint density at radius 2 is 1.94 bits per heavy atom. The molecule has 3 heteroatoms. The number of nitrogens with zero attached hydrogens (tertiary/aromatic N) is 1. The summed E-state index contributed by atoms with van der Waals surface area (Å²) in [6.07, 6.45) is 8.51. The molecule has 96 valence electrons. The molecule has 1 aliphatic rings. The van der Waals surface area contributed by atoms with Crippen molar-refractivity contribution >= 4 is 11.3 Å². The minimum absolute atomic E-state index is 0.388. The molecular formula is C14H24N2S. The number of hydrogen-bond acceptors (Lipinski definition) is 3. The normalized spacial score (nSPS) is 22.0. The van der Waals surface area contributed by atoms with Crippen molar-refractivity contribution in [2.24, 2.45) is 5.92 Å². The number of rotatable bonds is 4. The third-order valence-electron chi connectivity index (χ3n) is 4.01. The van der Waals surface area contributed by atoms with E-state index in [0.717, 1.165) is 5.92 Å². The van der Waals surface area contributed by atoms with Crippen LogP contribution in [0.1, 0.15) is 64.1 Å². The molecule has 17 heavy (non-hydrogen) atoms. The van der Waals surface area contributed by atoms with Gasteiger partial charge >= 0.3 is 0 Å². The van der Waals surface area contributed by atoms with Crippen molar-refractivity contribution in [2.75, 3.05) is 0 Å². The Morgan fingerprint density at radius 1 is 1.24 bits per heavy atom. The van der Waals surface area contributed by atoms with E-state index < -0.39 is 0 Å². The van der Waals surface area contributed by atoms with Gasteiger partial charge in [-0.3, -0.25) is 0 Å². The SMILES string of the molecule is CC(N[C@@H](C)C1CCCCCC1)c1cscn1. The topological polar surface area (TPSA) is 24.9 Å². The van der Waals surface area contributed by atoms with Gasteiger partial charge in [0.15, 0.2) is 0 Å². The van der Waals surface area contributed by atoms with Crippen molar-refractivity contribution in [1.82, 2.24) is 10.3 Å². The van der Waals surface area contributed by atoms with Crippen LogP contribution in [0.15, 0.2) is 10.9 Å². The summed E-state index contributed by atoms with van der Waals surface area (Å²) >= 11 is 1.68. The lowest BCUT2D eigenvalue weighted by molar-refractivity contribution is 0.315. The zero-order chi connectivity index (χ0) is 12.1. The van der Waals surface area contributed by atoms with Gasteiger partial charge in [-0.15, -0.1) is 11.3 Å². The lowest BCUT2D eigenvalue weighted by atomic mass is 9.92. The number of nitrogens with one attached hydrogen (secondary N) is 1. The fourth-order valence-electron chi connectivity index (χ4n) is 2.86. The van der Waals surface area contributed by atoms with Crippen LogP contribution in [-0.2, 0) is 0 Å². The summed E-state index contributed by atoms with van der Waals surface area (Å²) in [5.41, 5.74) is 3.11. The van der Waals surface area contributed by atoms with Gasteiger partial charge in [0.05, 0.1) is 11.2 Å². The molecule has 2 atom stereocenters. The van der Waals surface area contributed by atoms with Crippen molar-refractivity contribution in [3.63, 3.8) is 0 Å². The second kappa shape index (κ2) is 6.50. The largest absolute Gasteiger partial charge is 0.306 e. The molecule has 0 amide bonds. The molecule has 0 spiro atoms. The summed E-state index contributed by atoms with van der Waals surface area (Å²) < 4.78 is 0. The van der Waals surface area contributed by atoms with Crippen LogP contribution >= 0.6 is 11.3 Å². The van der Waals surface area contributed by atoms with Crippen molar-refractivity contribution in [3.8, 4) is 0 Å². The maximum Gasteiger partial charge on any atom is 0.0795 e. The molecule has 0 aliphatic heterocycles. The first-order valence-corrected chi connectivity index (χ1v) is 7.86. The van der Waals surface area contributed by atoms with Crippen LogP contribution in [0.5, 0.6) is 0 Å². The van der Waals surface area contributed by atoms with Gasteiger partial charge in [0.1, 0.15) is 0 Å². The van der Waals surface area contributed by atoms with E-state index in [1.807, 2.05) is 5.51 Å². The molecular weight excluding hydrogens is 228 g/mol. The number of hydrogen-bond donors (Lipinski definition) is 1. The summed E-state index contributed by atoms with van der Waals surface area (Å²) in [4.78, 5) is 4.39. The summed E-state index contributed by atoms with van der Waals surface area (Å²) in [5, 5.41) is 5.87. The molecule has 1 aromatic rings. The first-order chi connectivity index (χ1) is 8.27. The zero-order valence-corrected chi connectivity index (χ0v) is 11.8. The molecule has 0 bridgehead atoms. The van der Waals surface area contributed by atoms with E-state index in [1.165, 1.54) is 44.2 Å². The molecule has 2 nitrogen and oxygen atoms in total. The Hall–Kier alpha value is -0.410. The van der Waals surface area contributed by atoms with Crippen LogP contribution in [0.25, 0.3) is 0 Å². The van der Waals surface area contributed by atoms with Crippen LogP contribution in [0.2, 0.25) is 0 Å². The van der Waals surface area contributed by atoms with E-state index in [4.69, 9.17) is 0 Å². The smallest absolute Gasteiger partial charge is 0.0795 e. The standard InChI is InChI=1S/C14H24N2S/c1-11(13-7-5-3-4-6-8-13)16-12(2)14-9-17-10-15-14/h9-13,16H,3-8H2,1-2H3/t11-,12?/m0/s1. The van der Waals surface area contributed by atoms with Crippen LogP contribution in [0, 0.1) is 5.92 Å². The molecule has 1 N–H and O–H groups in total. The van der Waals surface area contributed by atoms with E-state index in [1.54, 1.807) is 11.3 Å². The highest BCUT2D eigenvalue weighted by Gasteiger charge is 2.21. The van der Waals surface area contributed by atoms with Crippen LogP contribution in [0.4, 0.5) is 0 Å². The Morgan fingerprint density at radius 3 is 2.53 bits per heavy atom. The van der Waals surface area contributed by atoms with E-state index in [-0.39, 0.29) is 0 Å². The minimum Gasteiger partial charge on any atom is -0.306 e. The molecule has 1 unspecified atom stereocenters. The van der Waals surface area contributed by atoms with Gasteiger partial charge in [0.25, 0.3) is 0 Å². The van der Waals surface area contributed by atoms with E-state index >= 15 is 0 Å². The molecule has 2 rings (SSSR count). The third kappa shape index (κ3) is 3.78. The maximum atomic E-state index is 4.39. The lowest BCUT2D eigenvalue weighted by Gasteiger charge is -2.26. The molecule has 1 saturated carbocycles. The summed E-state index contributed by atoms with van der Waals surface area (Å²) in [6.45, 7) is 4.57. The van der Waals surface area contributed by atoms with E-state index in [2.05, 4.69) is 29.5 Å². The highest BCUT2D eigenvalue weighted by molar-refractivity contribution is 7.07. The number of aromatic nitrogens is 1. The minimum atomic E-state index is 0.388. The van der Waals surface area contributed by atoms with Crippen molar-refractivity contribution in [3.05, 3.63) is 16.6 Å². The predicted molar refractivity (Wildman–Crippen MR) is 74.3 cm³/mol. The van der Waals surface area contributed by atoms with Gasteiger partial charge in [-0.25, -0.2) is 4.98 Å². The van der Waals surface area contributed by atoms with Crippen LogP contribution in [0.3, 0.4) is 0 Å². The van der Waals surface area contributed by atoms with Gasteiger partial charge < -0.3 is 5.32 Å². The average molecular weight is 252 g/mol. The average Bonchev–Trinajstić information content (AvgIpc) is 2.71. The van der Waals surface area contributed by atoms with Gasteiger partial charge in [-0.2, -0.15) is 0 Å². The molecule has 1 aliphatic carbocycles. The Balaban J connectivity index is 1.85. The number of thiazole rings is 1. The monoisotopic (exact) mass is 252 g/mol. The highest BCUT2D eigenvalue weighted by atomic mass is 32.1. The van der Waals surface area contributed by atoms with E-state index in [0.29, 0.717) is 12.1 Å². The zero-order valence-electron chi connectivity index (χ0n) is 11.0. The lowest BCUT2D eigenvalue weighted by Crippen LogP contribution is -2.35. The molecule has 0 saturated heterocycles. The van der Waals surface area contributed by atoms with Crippen molar-refractivity contribution in [2.45, 2.75) is 64.5 Å². The highest BCUT2D eigenvalue weighted by Crippen LogP contribution is 2.26. The van der Waals surface area contributed by atoms with Crippen LogP contribution < -0.4 is 5.32 Å². The first kappa shape index (κ1) is 13.0. The second-order valence-electron chi connectivity index (χ2n) is 5.34. The molecule has 0 radical (unpaired) electrons. The van der Waals surface area contributed by atoms with E-state index in [9.17, 15) is 0 Å². The molecule has 1 heterocycles. The first-order valence-electron chi connectivity index (χ1n) is 6.91. The van der Waals surface area contributed by atoms with Gasteiger partial charge in [-0.05, 0) is 32.6 Å². The van der Waals surface area contributed by atoms with Gasteiger partial charge in [0.2, 0.25) is 0 Å². The maximum absolute atomic E-state index is 4.39. The summed E-state index contributed by atoms with van der Waals surface area (Å²) in [5.74, 6) is 0.860. The molecule has 0 aromatic carbocycles. The summed E-state index contributed by atoms with van der Waals surface area (Å²) in [6, 6.07) is 1.00. The van der Waals surface area contributed by atoms with Crippen molar-refractivity contribution in [1.29, 1.82) is 0 Å². The quantitative estimate of drug-likeness (QED) is 0.814. The van der Waals surface area contributed by atoms with Gasteiger partial charge in [-0.1, -0.05) is 25.7 Å². The Kier molecular flexibility index (Phi) is 4.99. The summed E-state index contributed by atoms with van der Waals surface area (Å²) in [7, 11) is 0. The Labute approximate surface area is 109 Å². The Bertz CT molecular complexity index is 302. The molecule has 1 fully saturated rings. The fraction of sp³-hybridized carbons (Fsp3) is 0.786. The van der Waals surface area contributed by atoms with Crippen molar-refractivity contribution < 1.29 is 0 Å². The van der Waals surface area contributed by atoms with Crippen LogP contribution in [-0.4, -0.2) is 11.0 Å². The fourth-order valence-corrected chi connectivity index (χ4v) is 3.51. The second-order valence-corrected chi connectivity index (χ2v) is 6.06. The predicted octanol–water partition coefficient (Wildman–Crippen LogP) is 4.15.